The summed E-state index contributed by atoms with van der Waals surface area (Å²) in [5.41, 5.74) is 0. The molecule has 6 heteroatoms. The maximum atomic E-state index is 13.3. The predicted octanol–water partition coefficient (Wildman–Crippen LogP) is 2.76. The maximum absolute atomic E-state index is 13.3. The molecule has 3 fully saturated rings. The number of carbonyl (C=O) groups is 1. The van der Waals surface area contributed by atoms with Crippen LogP contribution in [0.5, 0.6) is 0 Å². The zero-order valence-corrected chi connectivity index (χ0v) is 16.1. The predicted molar refractivity (Wildman–Crippen MR) is 95.1 cm³/mol. The fourth-order valence-electron chi connectivity index (χ4n) is 5.12. The maximum Gasteiger partial charge on any atom is 0.220 e. The molecule has 3 aliphatic rings. The lowest BCUT2D eigenvalue weighted by atomic mass is 9.86. The molecule has 0 spiro atoms. The zero-order valence-electron chi connectivity index (χ0n) is 15.3. The van der Waals surface area contributed by atoms with Crippen LogP contribution >= 0.6 is 0 Å². The van der Waals surface area contributed by atoms with Crippen LogP contribution in [0.2, 0.25) is 0 Å². The molecule has 2 unspecified atom stereocenters. The molecule has 2 aliphatic carbocycles. The van der Waals surface area contributed by atoms with Crippen LogP contribution in [0.15, 0.2) is 0 Å². The van der Waals surface area contributed by atoms with E-state index in [9.17, 15) is 13.2 Å². The molecule has 2 saturated carbocycles. The highest BCUT2D eigenvalue weighted by molar-refractivity contribution is 7.89. The molecular weight excluding hydrogens is 324 g/mol. The number of sulfonamides is 1. The molecule has 1 saturated heterocycles. The van der Waals surface area contributed by atoms with Crippen molar-refractivity contribution in [1.29, 1.82) is 0 Å². The van der Waals surface area contributed by atoms with Gasteiger partial charge < -0.3 is 4.90 Å². The van der Waals surface area contributed by atoms with Crippen molar-refractivity contribution in [2.45, 2.75) is 95.5 Å². The quantitative estimate of drug-likeness (QED) is 0.764. The van der Waals surface area contributed by atoms with Gasteiger partial charge in [0.2, 0.25) is 15.9 Å². The summed E-state index contributed by atoms with van der Waals surface area (Å²) in [6.45, 7) is 6.30. The number of hydrogen-bond donors (Lipinski definition) is 0. The lowest BCUT2D eigenvalue weighted by Gasteiger charge is -2.52. The Kier molecular flexibility index (Phi) is 5.26. The molecular formula is C18H32N2O3S. The normalized spacial score (nSPS) is 38.6. The first kappa shape index (κ1) is 18.2. The van der Waals surface area contributed by atoms with Gasteiger partial charge in [0.25, 0.3) is 0 Å². The number of rotatable bonds is 2. The van der Waals surface area contributed by atoms with Crippen LogP contribution in [0, 0.1) is 5.92 Å². The van der Waals surface area contributed by atoms with Crippen LogP contribution in [-0.4, -0.2) is 53.5 Å². The van der Waals surface area contributed by atoms with E-state index in [1.54, 1.807) is 6.92 Å². The van der Waals surface area contributed by atoms with Crippen LogP contribution in [0.1, 0.15) is 72.1 Å². The van der Waals surface area contributed by atoms with Crippen molar-refractivity contribution in [1.82, 2.24) is 9.21 Å². The van der Waals surface area contributed by atoms with Gasteiger partial charge in [-0.3, -0.25) is 4.79 Å². The molecule has 24 heavy (non-hydrogen) atoms. The minimum atomic E-state index is -3.27. The summed E-state index contributed by atoms with van der Waals surface area (Å²) in [4.78, 5) is 14.1. The van der Waals surface area contributed by atoms with E-state index in [1.807, 2.05) is 16.1 Å². The second-order valence-electron chi connectivity index (χ2n) is 8.19. The average molecular weight is 357 g/mol. The monoisotopic (exact) mass is 356 g/mol. The molecule has 1 amide bonds. The summed E-state index contributed by atoms with van der Waals surface area (Å²) in [5.74, 6) is 0.732. The Bertz CT molecular complexity index is 569. The topological polar surface area (TPSA) is 57.7 Å². The first-order valence-electron chi connectivity index (χ1n) is 9.62. The van der Waals surface area contributed by atoms with Crippen molar-refractivity contribution < 1.29 is 13.2 Å². The lowest BCUT2D eigenvalue weighted by molar-refractivity contribution is -0.139. The highest BCUT2D eigenvalue weighted by atomic mass is 32.2. The number of nitrogens with zero attached hydrogens (tertiary/aromatic N) is 2. The van der Waals surface area contributed by atoms with E-state index in [1.165, 1.54) is 0 Å². The molecule has 3 rings (SSSR count). The van der Waals surface area contributed by atoms with Crippen LogP contribution in [-0.2, 0) is 14.8 Å². The Balaban J connectivity index is 1.85. The van der Waals surface area contributed by atoms with Crippen LogP contribution in [0.3, 0.4) is 0 Å². The third kappa shape index (κ3) is 3.24. The minimum absolute atomic E-state index is 0.0109. The van der Waals surface area contributed by atoms with E-state index < -0.39 is 10.0 Å². The molecule has 0 aromatic carbocycles. The van der Waals surface area contributed by atoms with Gasteiger partial charge in [-0.2, -0.15) is 4.31 Å². The number of hydrogen-bond acceptors (Lipinski definition) is 3. The van der Waals surface area contributed by atoms with Crippen molar-refractivity contribution in [3.63, 3.8) is 0 Å². The Morgan fingerprint density at radius 2 is 1.50 bits per heavy atom. The van der Waals surface area contributed by atoms with Gasteiger partial charge in [0.15, 0.2) is 0 Å². The Morgan fingerprint density at radius 1 is 0.917 bits per heavy atom. The Hall–Kier alpha value is -0.620. The first-order valence-corrected chi connectivity index (χ1v) is 11.1. The second-order valence-corrected chi connectivity index (χ2v) is 10.4. The highest BCUT2D eigenvalue weighted by Crippen LogP contribution is 2.38. The number of fused-ring (bicyclic) bond motifs is 1. The Morgan fingerprint density at radius 3 is 2.08 bits per heavy atom. The van der Waals surface area contributed by atoms with E-state index in [4.69, 9.17) is 0 Å². The fraction of sp³-hybridized carbons (Fsp3) is 0.944. The van der Waals surface area contributed by atoms with Gasteiger partial charge >= 0.3 is 0 Å². The standard InChI is InChI=1S/C18H32N2O3S/c1-13-8-10-16(11-9-13)24(22,23)19-12-14(2)20(15(3)21)18-7-5-4-6-17(18)19/h13-14,16-18H,4-12H2,1-3H3/t13?,14-,16?,17?,18?/m0/s1. The van der Waals surface area contributed by atoms with Gasteiger partial charge in [-0.15, -0.1) is 0 Å². The van der Waals surface area contributed by atoms with Crippen LogP contribution < -0.4 is 0 Å². The molecule has 1 heterocycles. The average Bonchev–Trinajstić information content (AvgIpc) is 2.54. The summed E-state index contributed by atoms with van der Waals surface area (Å²) in [5, 5.41) is -0.215. The van der Waals surface area contributed by atoms with Crippen molar-refractivity contribution in [2.75, 3.05) is 6.54 Å². The molecule has 0 aromatic heterocycles. The van der Waals surface area contributed by atoms with E-state index in [-0.39, 0.29) is 29.3 Å². The van der Waals surface area contributed by atoms with E-state index in [2.05, 4.69) is 6.92 Å². The second kappa shape index (κ2) is 6.94. The summed E-state index contributed by atoms with van der Waals surface area (Å²) >= 11 is 0. The van der Waals surface area contributed by atoms with Crippen LogP contribution in [0.25, 0.3) is 0 Å². The molecule has 0 radical (unpaired) electrons. The minimum Gasteiger partial charge on any atom is -0.334 e. The molecule has 0 aromatic rings. The van der Waals surface area contributed by atoms with Gasteiger partial charge in [0, 0.05) is 31.6 Å². The summed E-state index contributed by atoms with van der Waals surface area (Å²) in [6, 6.07) is 0.0274. The molecule has 0 N–H and O–H groups in total. The van der Waals surface area contributed by atoms with Crippen molar-refractivity contribution >= 4 is 15.9 Å². The highest BCUT2D eigenvalue weighted by Gasteiger charge is 2.48. The summed E-state index contributed by atoms with van der Waals surface area (Å²) in [6.07, 6.45) is 7.60. The van der Waals surface area contributed by atoms with Gasteiger partial charge in [-0.05, 0) is 51.4 Å². The lowest BCUT2D eigenvalue weighted by Crippen LogP contribution is -2.67. The van der Waals surface area contributed by atoms with Gasteiger partial charge in [0.1, 0.15) is 0 Å². The van der Waals surface area contributed by atoms with E-state index in [0.29, 0.717) is 12.5 Å². The molecule has 5 nitrogen and oxygen atoms in total. The van der Waals surface area contributed by atoms with Gasteiger partial charge in [-0.1, -0.05) is 19.8 Å². The molecule has 138 valence electrons. The molecule has 0 bridgehead atoms. The third-order valence-corrected chi connectivity index (χ3v) is 8.80. The molecule has 3 atom stereocenters. The SMILES string of the molecule is CC(=O)N1C2CCCCC2N(S(=O)(=O)C2CCC(C)CC2)C[C@@H]1C. The third-order valence-electron chi connectivity index (χ3n) is 6.41. The summed E-state index contributed by atoms with van der Waals surface area (Å²) < 4.78 is 28.5. The smallest absolute Gasteiger partial charge is 0.220 e. The van der Waals surface area contributed by atoms with Crippen molar-refractivity contribution in [2.24, 2.45) is 5.92 Å². The van der Waals surface area contributed by atoms with E-state index >= 15 is 0 Å². The van der Waals surface area contributed by atoms with E-state index in [0.717, 1.165) is 51.4 Å². The number of piperazine rings is 1. The van der Waals surface area contributed by atoms with Gasteiger partial charge in [0.05, 0.1) is 5.25 Å². The number of carbonyl (C=O) groups excluding carboxylic acids is 1. The Labute approximate surface area is 146 Å². The number of amides is 1. The molecule has 1 aliphatic heterocycles. The van der Waals surface area contributed by atoms with Gasteiger partial charge in [-0.25, -0.2) is 8.42 Å². The largest absolute Gasteiger partial charge is 0.334 e. The fourth-order valence-corrected chi connectivity index (χ4v) is 7.42. The van der Waals surface area contributed by atoms with Crippen molar-refractivity contribution in [3.05, 3.63) is 0 Å². The van der Waals surface area contributed by atoms with Crippen LogP contribution in [0.4, 0.5) is 0 Å². The summed E-state index contributed by atoms with van der Waals surface area (Å²) in [7, 11) is -3.27. The zero-order chi connectivity index (χ0) is 17.5. The first-order chi connectivity index (χ1) is 11.3. The van der Waals surface area contributed by atoms with Crippen molar-refractivity contribution in [3.8, 4) is 0 Å².